The maximum atomic E-state index is 12.9. The van der Waals surface area contributed by atoms with Crippen LogP contribution in [0.15, 0.2) is 22.6 Å². The fourth-order valence-electron chi connectivity index (χ4n) is 1.14. The van der Waals surface area contributed by atoms with Gasteiger partial charge in [-0.05, 0) is 36.2 Å². The van der Waals surface area contributed by atoms with Gasteiger partial charge < -0.3 is 4.42 Å². The lowest BCUT2D eigenvalue weighted by Gasteiger charge is -1.99. The molecule has 0 atom stereocenters. The van der Waals surface area contributed by atoms with E-state index in [-0.39, 0.29) is 17.1 Å². The molecule has 3 nitrogen and oxygen atoms in total. The summed E-state index contributed by atoms with van der Waals surface area (Å²) in [7, 11) is 0. The molecule has 0 spiro atoms. The molecule has 0 fully saturated rings. The van der Waals surface area contributed by atoms with E-state index in [1.807, 2.05) is 6.92 Å². The molecule has 0 radical (unpaired) electrons. The van der Waals surface area contributed by atoms with Crippen LogP contribution in [0.2, 0.25) is 5.35 Å². The van der Waals surface area contributed by atoms with Crippen LogP contribution in [0.3, 0.4) is 0 Å². The number of halogens is 2. The Balaban J connectivity index is 2.55. The third-order valence-corrected chi connectivity index (χ3v) is 1.98. The molecule has 0 saturated carbocycles. The van der Waals surface area contributed by atoms with Gasteiger partial charge in [-0.25, -0.2) is 4.39 Å². The first-order chi connectivity index (χ1) is 6.66. The molecule has 72 valence electrons. The van der Waals surface area contributed by atoms with Crippen molar-refractivity contribution in [3.8, 4) is 11.5 Å². The molecule has 0 N–H and O–H groups in total. The zero-order chi connectivity index (χ0) is 10.1. The monoisotopic (exact) mass is 212 g/mol. The second-order valence-electron chi connectivity index (χ2n) is 2.82. The van der Waals surface area contributed by atoms with Crippen molar-refractivity contribution in [1.29, 1.82) is 0 Å². The standard InChI is InChI=1S/C9H6ClFN2O/c1-5-2-3-6(11)4-7(5)8-12-13-9(10)14-8/h2-4H,1H3. The van der Waals surface area contributed by atoms with Crippen LogP contribution in [0, 0.1) is 12.7 Å². The quantitative estimate of drug-likeness (QED) is 0.730. The Kier molecular flexibility index (Phi) is 2.21. The third kappa shape index (κ3) is 1.61. The minimum Gasteiger partial charge on any atom is -0.407 e. The van der Waals surface area contributed by atoms with E-state index in [0.717, 1.165) is 5.56 Å². The van der Waals surface area contributed by atoms with E-state index in [1.54, 1.807) is 6.07 Å². The van der Waals surface area contributed by atoms with E-state index in [9.17, 15) is 4.39 Å². The van der Waals surface area contributed by atoms with Gasteiger partial charge in [0.1, 0.15) is 5.82 Å². The minimum atomic E-state index is -0.347. The van der Waals surface area contributed by atoms with Crippen LogP contribution in [0.4, 0.5) is 4.39 Å². The Hall–Kier alpha value is -1.42. The summed E-state index contributed by atoms with van der Waals surface area (Å²) in [6, 6.07) is 4.35. The Labute approximate surface area is 84.5 Å². The maximum absolute atomic E-state index is 12.9. The third-order valence-electron chi connectivity index (χ3n) is 1.83. The molecule has 0 aliphatic rings. The number of benzene rings is 1. The highest BCUT2D eigenvalue weighted by Gasteiger charge is 2.10. The topological polar surface area (TPSA) is 38.9 Å². The number of aromatic nitrogens is 2. The zero-order valence-electron chi connectivity index (χ0n) is 7.29. The maximum Gasteiger partial charge on any atom is 0.313 e. The number of hydrogen-bond acceptors (Lipinski definition) is 3. The van der Waals surface area contributed by atoms with Crippen LogP contribution in [0.1, 0.15) is 5.56 Å². The van der Waals surface area contributed by atoms with E-state index in [4.69, 9.17) is 16.0 Å². The van der Waals surface area contributed by atoms with Gasteiger partial charge in [-0.15, -0.1) is 5.10 Å². The van der Waals surface area contributed by atoms with E-state index in [2.05, 4.69) is 10.2 Å². The van der Waals surface area contributed by atoms with Gasteiger partial charge in [0.05, 0.1) is 0 Å². The largest absolute Gasteiger partial charge is 0.407 e. The van der Waals surface area contributed by atoms with Gasteiger partial charge >= 0.3 is 5.35 Å². The highest BCUT2D eigenvalue weighted by Crippen LogP contribution is 2.23. The highest BCUT2D eigenvalue weighted by atomic mass is 35.5. The van der Waals surface area contributed by atoms with Gasteiger partial charge in [0.15, 0.2) is 0 Å². The molecule has 0 unspecified atom stereocenters. The molecule has 1 heterocycles. The van der Waals surface area contributed by atoms with Crippen molar-refractivity contribution < 1.29 is 8.81 Å². The molecule has 1 aromatic carbocycles. The number of aryl methyl sites for hydroxylation is 1. The first-order valence-electron chi connectivity index (χ1n) is 3.92. The minimum absolute atomic E-state index is 0.0522. The first kappa shape index (κ1) is 9.15. The summed E-state index contributed by atoms with van der Waals surface area (Å²) >= 11 is 5.47. The Bertz CT molecular complexity index is 470. The smallest absolute Gasteiger partial charge is 0.313 e. The van der Waals surface area contributed by atoms with E-state index >= 15 is 0 Å². The van der Waals surface area contributed by atoms with Crippen molar-refractivity contribution in [2.24, 2.45) is 0 Å². The summed E-state index contributed by atoms with van der Waals surface area (Å²) in [5, 5.41) is 7.11. The summed E-state index contributed by atoms with van der Waals surface area (Å²) in [5.74, 6) is -0.119. The summed E-state index contributed by atoms with van der Waals surface area (Å²) in [6.07, 6.45) is 0. The summed E-state index contributed by atoms with van der Waals surface area (Å²) in [6.45, 7) is 1.83. The lowest BCUT2D eigenvalue weighted by Crippen LogP contribution is -1.85. The van der Waals surface area contributed by atoms with Crippen LogP contribution in [0.25, 0.3) is 11.5 Å². The molecule has 2 aromatic rings. The van der Waals surface area contributed by atoms with Gasteiger partial charge in [-0.1, -0.05) is 11.2 Å². The zero-order valence-corrected chi connectivity index (χ0v) is 8.05. The predicted octanol–water partition coefficient (Wildman–Crippen LogP) is 2.84. The van der Waals surface area contributed by atoms with Crippen molar-refractivity contribution in [1.82, 2.24) is 10.2 Å². The van der Waals surface area contributed by atoms with Crippen molar-refractivity contribution in [3.63, 3.8) is 0 Å². The summed E-state index contributed by atoms with van der Waals surface area (Å²) in [5.41, 5.74) is 1.41. The lowest BCUT2D eigenvalue weighted by atomic mass is 10.1. The predicted molar refractivity (Wildman–Crippen MR) is 49.4 cm³/mol. The molecular formula is C9H6ClFN2O. The van der Waals surface area contributed by atoms with Crippen LogP contribution in [-0.4, -0.2) is 10.2 Å². The fourth-order valence-corrected chi connectivity index (χ4v) is 1.25. The summed E-state index contributed by atoms with van der Waals surface area (Å²) < 4.78 is 17.9. The number of rotatable bonds is 1. The molecule has 0 amide bonds. The molecule has 5 heteroatoms. The van der Waals surface area contributed by atoms with Crippen LogP contribution >= 0.6 is 11.6 Å². The van der Waals surface area contributed by atoms with E-state index in [0.29, 0.717) is 5.56 Å². The van der Waals surface area contributed by atoms with Crippen molar-refractivity contribution in [2.75, 3.05) is 0 Å². The second-order valence-corrected chi connectivity index (χ2v) is 3.14. The van der Waals surface area contributed by atoms with Crippen molar-refractivity contribution in [2.45, 2.75) is 6.92 Å². The van der Waals surface area contributed by atoms with Crippen LogP contribution in [0.5, 0.6) is 0 Å². The highest BCUT2D eigenvalue weighted by molar-refractivity contribution is 6.27. The molecule has 0 aliphatic carbocycles. The Morgan fingerprint density at radius 3 is 2.79 bits per heavy atom. The van der Waals surface area contributed by atoms with E-state index < -0.39 is 0 Å². The van der Waals surface area contributed by atoms with Crippen LogP contribution < -0.4 is 0 Å². The van der Waals surface area contributed by atoms with Crippen molar-refractivity contribution >= 4 is 11.6 Å². The normalized spacial score (nSPS) is 10.5. The molecule has 0 bridgehead atoms. The second kappa shape index (κ2) is 3.38. The average molecular weight is 213 g/mol. The number of nitrogens with zero attached hydrogens (tertiary/aromatic N) is 2. The first-order valence-corrected chi connectivity index (χ1v) is 4.30. The Morgan fingerprint density at radius 1 is 1.36 bits per heavy atom. The fraction of sp³-hybridized carbons (Fsp3) is 0.111. The molecule has 1 aromatic heterocycles. The average Bonchev–Trinajstić information content (AvgIpc) is 2.56. The molecular weight excluding hydrogens is 207 g/mol. The number of hydrogen-bond donors (Lipinski definition) is 0. The molecule has 14 heavy (non-hydrogen) atoms. The summed E-state index contributed by atoms with van der Waals surface area (Å²) in [4.78, 5) is 0. The molecule has 0 aliphatic heterocycles. The van der Waals surface area contributed by atoms with Crippen LogP contribution in [-0.2, 0) is 0 Å². The molecule has 2 rings (SSSR count). The van der Waals surface area contributed by atoms with Gasteiger partial charge in [0.2, 0.25) is 5.89 Å². The Morgan fingerprint density at radius 2 is 2.14 bits per heavy atom. The molecule has 0 saturated heterocycles. The van der Waals surface area contributed by atoms with Crippen molar-refractivity contribution in [3.05, 3.63) is 34.9 Å². The van der Waals surface area contributed by atoms with E-state index in [1.165, 1.54) is 12.1 Å². The van der Waals surface area contributed by atoms with Gasteiger partial charge in [-0.3, -0.25) is 0 Å². The SMILES string of the molecule is Cc1ccc(F)cc1-c1nnc(Cl)o1. The lowest BCUT2D eigenvalue weighted by molar-refractivity contribution is 0.568. The van der Waals surface area contributed by atoms with Gasteiger partial charge in [-0.2, -0.15) is 0 Å². The van der Waals surface area contributed by atoms with Gasteiger partial charge in [0.25, 0.3) is 0 Å². The van der Waals surface area contributed by atoms with Gasteiger partial charge in [0, 0.05) is 5.56 Å².